The summed E-state index contributed by atoms with van der Waals surface area (Å²) >= 11 is 0. The molecule has 1 aromatic carbocycles. The zero-order chi connectivity index (χ0) is 25.7. The molecule has 1 aliphatic rings. The Morgan fingerprint density at radius 3 is 2.17 bits per heavy atom. The van der Waals surface area contributed by atoms with Crippen molar-refractivity contribution in [2.75, 3.05) is 0 Å². The fourth-order valence-corrected chi connectivity index (χ4v) is 4.01. The summed E-state index contributed by atoms with van der Waals surface area (Å²) in [6.07, 6.45) is -2.90. The number of hydrogen-bond donors (Lipinski definition) is 0. The van der Waals surface area contributed by atoms with E-state index < -0.39 is 47.6 Å². The third-order valence-electron chi connectivity index (χ3n) is 5.23. The molecule has 0 fully saturated rings. The van der Waals surface area contributed by atoms with Crippen molar-refractivity contribution >= 4 is 23.9 Å². The number of carbonyl (C=O) groups is 4. The van der Waals surface area contributed by atoms with Gasteiger partial charge in [-0.1, -0.05) is 18.2 Å². The van der Waals surface area contributed by atoms with Crippen LogP contribution in [0.3, 0.4) is 0 Å². The monoisotopic (exact) mass is 486 g/mol. The van der Waals surface area contributed by atoms with Gasteiger partial charge in [0.25, 0.3) is 0 Å². The lowest BCUT2D eigenvalue weighted by Gasteiger charge is -2.36. The van der Waals surface area contributed by atoms with Crippen molar-refractivity contribution in [2.24, 2.45) is 0 Å². The maximum atomic E-state index is 13.1. The maximum Gasteiger partial charge on any atom is 0.308 e. The maximum absolute atomic E-state index is 13.1. The van der Waals surface area contributed by atoms with Gasteiger partial charge < -0.3 is 23.4 Å². The van der Waals surface area contributed by atoms with Gasteiger partial charge in [-0.25, -0.2) is 0 Å². The van der Waals surface area contributed by atoms with Crippen LogP contribution in [0.15, 0.2) is 39.5 Å². The van der Waals surface area contributed by atoms with Gasteiger partial charge in [0.15, 0.2) is 17.6 Å². The summed E-state index contributed by atoms with van der Waals surface area (Å²) in [5, 5.41) is 0. The van der Waals surface area contributed by atoms with Gasteiger partial charge in [-0.2, -0.15) is 0 Å². The average Bonchev–Trinajstić information content (AvgIpc) is 2.73. The van der Waals surface area contributed by atoms with Crippen molar-refractivity contribution < 1.29 is 42.5 Å². The van der Waals surface area contributed by atoms with Crippen LogP contribution in [-0.4, -0.2) is 36.1 Å². The quantitative estimate of drug-likeness (QED) is 0.326. The molecule has 1 aliphatic carbocycles. The molecule has 10 nitrogen and oxygen atoms in total. The molecular formula is C25H26O10. The highest BCUT2D eigenvalue weighted by atomic mass is 16.6. The topological polar surface area (TPSA) is 135 Å². The average molecular weight is 486 g/mol. The third kappa shape index (κ3) is 6.56. The lowest BCUT2D eigenvalue weighted by Crippen LogP contribution is -2.47. The van der Waals surface area contributed by atoms with Crippen molar-refractivity contribution in [1.82, 2.24) is 0 Å². The van der Waals surface area contributed by atoms with E-state index in [1.54, 1.807) is 24.3 Å². The Bertz CT molecular complexity index is 1190. The SMILES string of the molecule is CC(=O)Oc1ccccc1CCc1cc(=O)c2c(o1)C[C@@H](OC(C)=O)[C@H](OC(C)=O)[C@H]2OC(C)=O. The Balaban J connectivity index is 1.96. The molecule has 0 amide bonds. The zero-order valence-corrected chi connectivity index (χ0v) is 19.8. The smallest absolute Gasteiger partial charge is 0.308 e. The van der Waals surface area contributed by atoms with Gasteiger partial charge in [0.2, 0.25) is 0 Å². The van der Waals surface area contributed by atoms with Crippen LogP contribution in [0.1, 0.15) is 56.4 Å². The predicted octanol–water partition coefficient (Wildman–Crippen LogP) is 2.37. The summed E-state index contributed by atoms with van der Waals surface area (Å²) in [5.74, 6) is -1.59. The van der Waals surface area contributed by atoms with Gasteiger partial charge in [-0.15, -0.1) is 0 Å². The van der Waals surface area contributed by atoms with Crippen LogP contribution in [0.4, 0.5) is 0 Å². The number of ether oxygens (including phenoxy) is 4. The molecule has 0 unspecified atom stereocenters. The van der Waals surface area contributed by atoms with Crippen LogP contribution in [0.25, 0.3) is 0 Å². The number of esters is 4. The first-order valence-electron chi connectivity index (χ1n) is 11.0. The number of carbonyl (C=O) groups excluding carboxylic acids is 4. The van der Waals surface area contributed by atoms with Crippen molar-refractivity contribution in [3.05, 3.63) is 63.2 Å². The molecule has 3 rings (SSSR count). The number of para-hydroxylation sites is 1. The standard InChI is InChI=1S/C25H26O10/c1-13(26)31-20-8-6-5-7-17(20)9-10-18-11-19(30)23-21(35-18)12-22(32-14(2)27)24(33-15(3)28)25(23)34-16(4)29/h5-8,11,22,24-25H,9-10,12H2,1-4H3/t22-,24+,25+/m1/s1. The fourth-order valence-electron chi connectivity index (χ4n) is 4.01. The number of hydrogen-bond acceptors (Lipinski definition) is 10. The second-order valence-corrected chi connectivity index (χ2v) is 8.07. The van der Waals surface area contributed by atoms with Crippen LogP contribution in [0.2, 0.25) is 0 Å². The molecule has 0 N–H and O–H groups in total. The van der Waals surface area contributed by atoms with Crippen molar-refractivity contribution in [1.29, 1.82) is 0 Å². The molecule has 0 spiro atoms. The Hall–Kier alpha value is -3.95. The van der Waals surface area contributed by atoms with Crippen LogP contribution < -0.4 is 10.2 Å². The van der Waals surface area contributed by atoms with Crippen LogP contribution in [-0.2, 0) is 52.7 Å². The minimum atomic E-state index is -1.31. The second-order valence-electron chi connectivity index (χ2n) is 8.07. The van der Waals surface area contributed by atoms with E-state index >= 15 is 0 Å². The molecule has 0 saturated heterocycles. The Kier molecular flexibility index (Phi) is 8.06. The first kappa shape index (κ1) is 25.7. The largest absolute Gasteiger partial charge is 0.465 e. The van der Waals surface area contributed by atoms with E-state index in [4.69, 9.17) is 23.4 Å². The highest BCUT2D eigenvalue weighted by Crippen LogP contribution is 2.35. The van der Waals surface area contributed by atoms with Gasteiger partial charge in [0.05, 0.1) is 5.56 Å². The number of aryl methyl sites for hydroxylation is 2. The van der Waals surface area contributed by atoms with E-state index in [0.717, 1.165) is 19.4 Å². The van der Waals surface area contributed by atoms with Crippen molar-refractivity contribution in [2.45, 2.75) is 65.3 Å². The van der Waals surface area contributed by atoms with Crippen molar-refractivity contribution in [3.63, 3.8) is 0 Å². The van der Waals surface area contributed by atoms with Crippen LogP contribution >= 0.6 is 0 Å². The highest BCUT2D eigenvalue weighted by molar-refractivity contribution is 5.70. The van der Waals surface area contributed by atoms with Gasteiger partial charge in [0.1, 0.15) is 23.4 Å². The van der Waals surface area contributed by atoms with Gasteiger partial charge in [-0.3, -0.25) is 24.0 Å². The lowest BCUT2D eigenvalue weighted by atomic mass is 9.88. The van der Waals surface area contributed by atoms with Crippen LogP contribution in [0, 0.1) is 0 Å². The first-order valence-corrected chi connectivity index (χ1v) is 11.0. The number of fused-ring (bicyclic) bond motifs is 1. The molecule has 3 atom stereocenters. The Morgan fingerprint density at radius 1 is 0.886 bits per heavy atom. The summed E-state index contributed by atoms with van der Waals surface area (Å²) in [7, 11) is 0. The predicted molar refractivity (Wildman–Crippen MR) is 119 cm³/mol. The van der Waals surface area contributed by atoms with Crippen LogP contribution in [0.5, 0.6) is 5.75 Å². The van der Waals surface area contributed by atoms with Gasteiger partial charge in [0, 0.05) is 46.6 Å². The molecule has 1 aromatic heterocycles. The summed E-state index contributed by atoms with van der Waals surface area (Å²) < 4.78 is 27.1. The van der Waals surface area contributed by atoms with E-state index in [9.17, 15) is 24.0 Å². The fraction of sp³-hybridized carbons (Fsp3) is 0.400. The molecule has 186 valence electrons. The highest BCUT2D eigenvalue weighted by Gasteiger charge is 2.46. The summed E-state index contributed by atoms with van der Waals surface area (Å²) in [6, 6.07) is 8.29. The van der Waals surface area contributed by atoms with Gasteiger partial charge in [-0.05, 0) is 18.1 Å². The van der Waals surface area contributed by atoms with E-state index in [2.05, 4.69) is 0 Å². The molecular weight excluding hydrogens is 460 g/mol. The zero-order valence-electron chi connectivity index (χ0n) is 19.8. The third-order valence-corrected chi connectivity index (χ3v) is 5.23. The lowest BCUT2D eigenvalue weighted by molar-refractivity contribution is -0.186. The van der Waals surface area contributed by atoms with E-state index in [1.807, 2.05) is 0 Å². The van der Waals surface area contributed by atoms with Gasteiger partial charge >= 0.3 is 23.9 Å². The molecule has 0 bridgehead atoms. The summed E-state index contributed by atoms with van der Waals surface area (Å²) in [4.78, 5) is 59.6. The summed E-state index contributed by atoms with van der Waals surface area (Å²) in [6.45, 7) is 4.80. The van der Waals surface area contributed by atoms with E-state index in [-0.39, 0.29) is 17.7 Å². The molecule has 0 saturated carbocycles. The van der Waals surface area contributed by atoms with E-state index in [1.165, 1.54) is 19.9 Å². The minimum absolute atomic E-state index is 0.0268. The molecule has 2 aromatic rings. The number of benzene rings is 1. The summed E-state index contributed by atoms with van der Waals surface area (Å²) in [5.41, 5.74) is 0.298. The minimum Gasteiger partial charge on any atom is -0.465 e. The Labute approximate surface area is 201 Å². The first-order chi connectivity index (χ1) is 16.5. The Morgan fingerprint density at radius 2 is 1.54 bits per heavy atom. The molecule has 10 heteroatoms. The molecule has 0 aliphatic heterocycles. The second kappa shape index (κ2) is 11.0. The van der Waals surface area contributed by atoms with Crippen molar-refractivity contribution in [3.8, 4) is 5.75 Å². The van der Waals surface area contributed by atoms with E-state index in [0.29, 0.717) is 24.4 Å². The normalized spacial score (nSPS) is 18.7. The number of rotatable bonds is 7. The molecule has 0 radical (unpaired) electrons. The molecule has 35 heavy (non-hydrogen) atoms. The molecule has 1 heterocycles.